The topological polar surface area (TPSA) is 77.4 Å². The second kappa shape index (κ2) is 9.75. The summed E-state index contributed by atoms with van der Waals surface area (Å²) >= 11 is 0. The zero-order valence-electron chi connectivity index (χ0n) is 20.5. The molecule has 7 rings (SSSR count). The number of fused-ring (bicyclic) bond motifs is 2. The Balaban J connectivity index is 1.05. The molecule has 3 aliphatic rings. The Labute approximate surface area is 221 Å². The van der Waals surface area contributed by atoms with E-state index in [1.54, 1.807) is 0 Å². The van der Waals surface area contributed by atoms with Gasteiger partial charge >= 0.3 is 0 Å². The zero-order valence-corrected chi connectivity index (χ0v) is 20.5. The molecule has 1 saturated carbocycles. The third-order valence-electron chi connectivity index (χ3n) is 7.70. The fraction of sp³-hybridized carbons (Fsp3) is 0.250. The molecule has 0 radical (unpaired) electrons. The molecule has 1 aliphatic carbocycles. The molecule has 38 heavy (non-hydrogen) atoms. The highest BCUT2D eigenvalue weighted by atomic mass is 16.8. The summed E-state index contributed by atoms with van der Waals surface area (Å²) in [5, 5.41) is 22.3. The second-order valence-corrected chi connectivity index (χ2v) is 10.0. The molecular formula is C32H28O6. The van der Waals surface area contributed by atoms with Crippen LogP contribution in [-0.4, -0.2) is 46.8 Å². The predicted octanol–water partition coefficient (Wildman–Crippen LogP) is 5.02. The average molecular weight is 509 g/mol. The van der Waals surface area contributed by atoms with Crippen molar-refractivity contribution in [2.75, 3.05) is 0 Å². The van der Waals surface area contributed by atoms with Gasteiger partial charge in [-0.1, -0.05) is 109 Å². The van der Waals surface area contributed by atoms with Crippen LogP contribution in [0.5, 0.6) is 0 Å². The fourth-order valence-corrected chi connectivity index (χ4v) is 5.66. The first kappa shape index (κ1) is 23.7. The molecule has 0 amide bonds. The Morgan fingerprint density at radius 1 is 0.368 bits per heavy atom. The number of hydrogen-bond donors (Lipinski definition) is 2. The van der Waals surface area contributed by atoms with Crippen LogP contribution in [-0.2, 0) is 18.9 Å². The Bertz CT molecular complexity index is 1240. The summed E-state index contributed by atoms with van der Waals surface area (Å²) in [5.41, 5.74) is 6.06. The molecule has 3 fully saturated rings. The summed E-state index contributed by atoms with van der Waals surface area (Å²) < 4.78 is 24.5. The summed E-state index contributed by atoms with van der Waals surface area (Å²) in [5.74, 6) is 0. The largest absolute Gasteiger partial charge is 0.387 e. The van der Waals surface area contributed by atoms with Crippen LogP contribution in [0.2, 0.25) is 0 Å². The van der Waals surface area contributed by atoms with Gasteiger partial charge in [-0.2, -0.15) is 0 Å². The molecule has 4 unspecified atom stereocenters. The molecule has 6 nitrogen and oxygen atoms in total. The normalized spacial score (nSPS) is 32.1. The quantitative estimate of drug-likeness (QED) is 0.403. The van der Waals surface area contributed by atoms with Crippen molar-refractivity contribution >= 4 is 0 Å². The Kier molecular flexibility index (Phi) is 6.09. The van der Waals surface area contributed by atoms with Crippen LogP contribution in [0, 0.1) is 0 Å². The van der Waals surface area contributed by atoms with E-state index in [0.29, 0.717) is 0 Å². The van der Waals surface area contributed by atoms with Crippen molar-refractivity contribution in [3.63, 3.8) is 0 Å². The maximum atomic E-state index is 11.2. The Morgan fingerprint density at radius 2 is 0.658 bits per heavy atom. The maximum absolute atomic E-state index is 11.2. The van der Waals surface area contributed by atoms with Crippen molar-refractivity contribution in [3.05, 3.63) is 120 Å². The molecular weight excluding hydrogens is 480 g/mol. The summed E-state index contributed by atoms with van der Waals surface area (Å²) in [6, 6.07) is 36.1. The molecule has 2 saturated heterocycles. The van der Waals surface area contributed by atoms with Gasteiger partial charge in [0.2, 0.25) is 0 Å². The van der Waals surface area contributed by atoms with E-state index in [2.05, 4.69) is 24.3 Å². The maximum Gasteiger partial charge on any atom is 0.184 e. The second-order valence-electron chi connectivity index (χ2n) is 10.0. The highest BCUT2D eigenvalue weighted by molar-refractivity contribution is 5.64. The van der Waals surface area contributed by atoms with E-state index in [1.165, 1.54) is 0 Å². The van der Waals surface area contributed by atoms with Crippen molar-refractivity contribution in [3.8, 4) is 22.3 Å². The predicted molar refractivity (Wildman–Crippen MR) is 141 cm³/mol. The smallest absolute Gasteiger partial charge is 0.184 e. The fourth-order valence-electron chi connectivity index (χ4n) is 5.66. The van der Waals surface area contributed by atoms with Gasteiger partial charge in [0.25, 0.3) is 0 Å². The van der Waals surface area contributed by atoms with Crippen molar-refractivity contribution in [1.82, 2.24) is 0 Å². The zero-order chi connectivity index (χ0) is 25.6. The lowest BCUT2D eigenvalue weighted by atomic mass is 9.85. The molecule has 2 heterocycles. The van der Waals surface area contributed by atoms with Crippen molar-refractivity contribution in [2.45, 2.75) is 49.2 Å². The SMILES string of the molecule is OC1[C@H]2OC(c3ccc(-c4ccccc4)cc3)O[C@H]2C(O)[C@@H]2OC(c3ccc(-c4ccccc4)cc3)O[C@@H]12. The van der Waals surface area contributed by atoms with Gasteiger partial charge in [-0.05, 0) is 22.3 Å². The van der Waals surface area contributed by atoms with Gasteiger partial charge in [0.1, 0.15) is 36.6 Å². The first-order chi connectivity index (χ1) is 18.7. The van der Waals surface area contributed by atoms with Gasteiger partial charge in [0.05, 0.1) is 0 Å². The van der Waals surface area contributed by atoms with E-state index >= 15 is 0 Å². The molecule has 4 aromatic rings. The molecule has 8 atom stereocenters. The van der Waals surface area contributed by atoms with E-state index in [1.807, 2.05) is 84.9 Å². The van der Waals surface area contributed by atoms with Gasteiger partial charge in [-0.15, -0.1) is 0 Å². The van der Waals surface area contributed by atoms with Crippen LogP contribution in [0.3, 0.4) is 0 Å². The van der Waals surface area contributed by atoms with E-state index in [9.17, 15) is 10.2 Å². The molecule has 2 N–H and O–H groups in total. The summed E-state index contributed by atoms with van der Waals surface area (Å²) in [4.78, 5) is 0. The van der Waals surface area contributed by atoms with E-state index in [4.69, 9.17) is 18.9 Å². The highest BCUT2D eigenvalue weighted by Gasteiger charge is 2.60. The number of ether oxygens (including phenoxy) is 4. The number of rotatable bonds is 4. The average Bonchev–Trinajstić information content (AvgIpc) is 3.64. The van der Waals surface area contributed by atoms with Crippen molar-refractivity contribution in [1.29, 1.82) is 0 Å². The minimum absolute atomic E-state index is 0.695. The number of aliphatic hydroxyl groups is 2. The molecule has 2 aliphatic heterocycles. The molecule has 0 spiro atoms. The number of hydrogen-bond acceptors (Lipinski definition) is 6. The van der Waals surface area contributed by atoms with Gasteiger partial charge < -0.3 is 29.2 Å². The molecule has 192 valence electrons. The van der Waals surface area contributed by atoms with Crippen molar-refractivity contribution < 1.29 is 29.2 Å². The Hall–Kier alpha value is -3.36. The third-order valence-corrected chi connectivity index (χ3v) is 7.70. The van der Waals surface area contributed by atoms with E-state index < -0.39 is 49.2 Å². The minimum Gasteiger partial charge on any atom is -0.387 e. The van der Waals surface area contributed by atoms with Crippen molar-refractivity contribution in [2.24, 2.45) is 0 Å². The third kappa shape index (κ3) is 4.16. The minimum atomic E-state index is -1.00. The standard InChI is InChI=1S/C32H28O6/c33-25-27-28(36-31(35-27)23-15-11-21(12-16-23)19-7-3-1-4-8-19)26(34)30-29(25)37-32(38-30)24-17-13-22(14-18-24)20-9-5-2-6-10-20/h1-18,25-34H/t25?,26?,27-,28-,29-,30+,31?,32?/m0/s1. The monoisotopic (exact) mass is 508 g/mol. The van der Waals surface area contributed by atoms with Gasteiger partial charge in [0.15, 0.2) is 12.6 Å². The van der Waals surface area contributed by atoms with Crippen LogP contribution in [0.4, 0.5) is 0 Å². The number of benzene rings is 4. The van der Waals surface area contributed by atoms with E-state index in [-0.39, 0.29) is 0 Å². The lowest BCUT2D eigenvalue weighted by molar-refractivity contribution is -0.152. The summed E-state index contributed by atoms with van der Waals surface area (Å²) in [6.07, 6.45) is -6.31. The van der Waals surface area contributed by atoms with Crippen LogP contribution < -0.4 is 0 Å². The highest BCUT2D eigenvalue weighted by Crippen LogP contribution is 2.45. The molecule has 6 heteroatoms. The number of aliphatic hydroxyl groups excluding tert-OH is 2. The van der Waals surface area contributed by atoms with E-state index in [0.717, 1.165) is 33.4 Å². The summed E-state index contributed by atoms with van der Waals surface area (Å²) in [7, 11) is 0. The van der Waals surface area contributed by atoms with Gasteiger partial charge in [-0.25, -0.2) is 0 Å². The van der Waals surface area contributed by atoms with Crippen LogP contribution in [0.15, 0.2) is 109 Å². The van der Waals surface area contributed by atoms with Crippen LogP contribution in [0.1, 0.15) is 23.7 Å². The van der Waals surface area contributed by atoms with Crippen LogP contribution in [0.25, 0.3) is 22.3 Å². The first-order valence-corrected chi connectivity index (χ1v) is 12.9. The summed E-state index contributed by atoms with van der Waals surface area (Å²) in [6.45, 7) is 0. The Morgan fingerprint density at radius 3 is 0.974 bits per heavy atom. The van der Waals surface area contributed by atoms with Crippen LogP contribution >= 0.6 is 0 Å². The lowest BCUT2D eigenvalue weighted by Gasteiger charge is -2.38. The molecule has 0 bridgehead atoms. The molecule has 4 aromatic carbocycles. The van der Waals surface area contributed by atoms with Gasteiger partial charge in [-0.3, -0.25) is 0 Å². The first-order valence-electron chi connectivity index (χ1n) is 12.9. The molecule has 0 aromatic heterocycles. The van der Waals surface area contributed by atoms with Gasteiger partial charge in [0, 0.05) is 11.1 Å². The lowest BCUT2D eigenvalue weighted by Crippen LogP contribution is -2.61.